The van der Waals surface area contributed by atoms with E-state index in [0.29, 0.717) is 24.5 Å². The number of para-hydroxylation sites is 2. The van der Waals surface area contributed by atoms with Crippen LogP contribution in [0.1, 0.15) is 18.9 Å². The molecule has 0 aliphatic heterocycles. The Morgan fingerprint density at radius 3 is 2.37 bits per heavy atom. The summed E-state index contributed by atoms with van der Waals surface area (Å²) in [5.74, 6) is 0.329. The molecule has 0 spiro atoms. The first-order chi connectivity index (χ1) is 12.8. The van der Waals surface area contributed by atoms with E-state index >= 15 is 0 Å². The highest BCUT2D eigenvalue weighted by molar-refractivity contribution is 5.93. The summed E-state index contributed by atoms with van der Waals surface area (Å²) >= 11 is 0. The van der Waals surface area contributed by atoms with Gasteiger partial charge in [-0.25, -0.2) is 0 Å². The fraction of sp³-hybridized carbons (Fsp3) is 0.316. The molecule has 0 radical (unpaired) electrons. The molecule has 2 aromatic carbocycles. The molecule has 0 fully saturated rings. The molecule has 0 aromatic heterocycles. The Hall–Kier alpha value is -2.90. The van der Waals surface area contributed by atoms with E-state index in [9.17, 15) is 18.0 Å². The molecule has 1 N–H and O–H groups in total. The van der Waals surface area contributed by atoms with Crippen LogP contribution in [0.2, 0.25) is 0 Å². The molecule has 0 aliphatic rings. The maximum Gasteiger partial charge on any atom is 0.416 e. The van der Waals surface area contributed by atoms with Gasteiger partial charge in [0.15, 0.2) is 18.1 Å². The SMILES string of the molecule is CCCOc1ccc(C(F)(F)F)cc1NC(=O)COc1ccccc1OC. The minimum atomic E-state index is -4.53. The third kappa shape index (κ3) is 5.80. The molecule has 2 rings (SSSR count). The molecular weight excluding hydrogens is 363 g/mol. The second-order valence-corrected chi connectivity index (χ2v) is 5.54. The predicted octanol–water partition coefficient (Wildman–Crippen LogP) is 4.52. The van der Waals surface area contributed by atoms with Crippen LogP contribution in [0.3, 0.4) is 0 Å². The molecule has 0 aliphatic carbocycles. The number of alkyl halides is 3. The number of halogens is 3. The van der Waals surface area contributed by atoms with E-state index < -0.39 is 24.3 Å². The topological polar surface area (TPSA) is 56.8 Å². The maximum atomic E-state index is 12.9. The van der Waals surface area contributed by atoms with E-state index in [2.05, 4.69) is 5.32 Å². The second kappa shape index (κ2) is 9.16. The molecule has 0 unspecified atom stereocenters. The lowest BCUT2D eigenvalue weighted by atomic mass is 10.1. The van der Waals surface area contributed by atoms with Gasteiger partial charge in [-0.3, -0.25) is 4.79 Å². The molecule has 146 valence electrons. The summed E-state index contributed by atoms with van der Waals surface area (Å²) in [6.45, 7) is 1.78. The Labute approximate surface area is 155 Å². The lowest BCUT2D eigenvalue weighted by Gasteiger charge is -2.15. The first-order valence-corrected chi connectivity index (χ1v) is 8.25. The van der Waals surface area contributed by atoms with Gasteiger partial charge in [0.2, 0.25) is 0 Å². The number of benzene rings is 2. The largest absolute Gasteiger partial charge is 0.493 e. The maximum absolute atomic E-state index is 12.9. The lowest BCUT2D eigenvalue weighted by molar-refractivity contribution is -0.137. The smallest absolute Gasteiger partial charge is 0.416 e. The van der Waals surface area contributed by atoms with Crippen LogP contribution < -0.4 is 19.5 Å². The number of amides is 1. The van der Waals surface area contributed by atoms with Crippen molar-refractivity contribution < 1.29 is 32.2 Å². The van der Waals surface area contributed by atoms with Crippen LogP contribution in [-0.2, 0) is 11.0 Å². The third-order valence-corrected chi connectivity index (χ3v) is 3.47. The van der Waals surface area contributed by atoms with Crippen LogP contribution in [0.4, 0.5) is 18.9 Å². The zero-order valence-electron chi connectivity index (χ0n) is 14.9. The zero-order valence-corrected chi connectivity index (χ0v) is 14.9. The van der Waals surface area contributed by atoms with Crippen LogP contribution in [0.25, 0.3) is 0 Å². The normalized spacial score (nSPS) is 11.0. The number of anilines is 1. The average molecular weight is 383 g/mol. The minimum Gasteiger partial charge on any atom is -0.493 e. The number of carbonyl (C=O) groups excluding carboxylic acids is 1. The summed E-state index contributed by atoms with van der Waals surface area (Å²) in [6.07, 6.45) is -3.86. The molecule has 8 heteroatoms. The Bertz CT molecular complexity index is 778. The van der Waals surface area contributed by atoms with Gasteiger partial charge in [0.25, 0.3) is 5.91 Å². The van der Waals surface area contributed by atoms with E-state index in [-0.39, 0.29) is 11.4 Å². The van der Waals surface area contributed by atoms with Crippen molar-refractivity contribution in [2.24, 2.45) is 0 Å². The molecule has 0 bridgehead atoms. The molecule has 0 atom stereocenters. The third-order valence-electron chi connectivity index (χ3n) is 3.47. The standard InChI is InChI=1S/C19H20F3NO4/c1-3-10-26-15-9-8-13(19(20,21)22)11-14(15)23-18(24)12-27-17-7-5-4-6-16(17)25-2/h4-9,11H,3,10,12H2,1-2H3,(H,23,24). The van der Waals surface area contributed by atoms with Gasteiger partial charge in [0, 0.05) is 0 Å². The Morgan fingerprint density at radius 2 is 1.74 bits per heavy atom. The van der Waals surface area contributed by atoms with Crippen LogP contribution in [0.15, 0.2) is 42.5 Å². The summed E-state index contributed by atoms with van der Waals surface area (Å²) < 4.78 is 54.8. The molecule has 2 aromatic rings. The van der Waals surface area contributed by atoms with Crippen molar-refractivity contribution in [3.63, 3.8) is 0 Å². The summed E-state index contributed by atoms with van der Waals surface area (Å²) in [7, 11) is 1.46. The van der Waals surface area contributed by atoms with Crippen molar-refractivity contribution in [3.8, 4) is 17.2 Å². The summed E-state index contributed by atoms with van der Waals surface area (Å²) in [4.78, 5) is 12.2. The number of hydrogen-bond donors (Lipinski definition) is 1. The van der Waals surface area contributed by atoms with Gasteiger partial charge in [-0.15, -0.1) is 0 Å². The number of hydrogen-bond acceptors (Lipinski definition) is 4. The second-order valence-electron chi connectivity index (χ2n) is 5.54. The van der Waals surface area contributed by atoms with Crippen LogP contribution in [0.5, 0.6) is 17.2 Å². The van der Waals surface area contributed by atoms with Crippen LogP contribution >= 0.6 is 0 Å². The van der Waals surface area contributed by atoms with Gasteiger partial charge < -0.3 is 19.5 Å². The summed E-state index contributed by atoms with van der Waals surface area (Å²) in [6, 6.07) is 9.67. The minimum absolute atomic E-state index is 0.0631. The molecule has 27 heavy (non-hydrogen) atoms. The van der Waals surface area contributed by atoms with E-state index in [4.69, 9.17) is 14.2 Å². The fourth-order valence-electron chi connectivity index (χ4n) is 2.21. The first kappa shape index (κ1) is 20.4. The quantitative estimate of drug-likeness (QED) is 0.728. The molecule has 0 heterocycles. The van der Waals surface area contributed by atoms with E-state index in [1.54, 1.807) is 24.3 Å². The van der Waals surface area contributed by atoms with E-state index in [1.807, 2.05) is 6.92 Å². The van der Waals surface area contributed by atoms with E-state index in [1.165, 1.54) is 13.2 Å². The first-order valence-electron chi connectivity index (χ1n) is 8.25. The highest BCUT2D eigenvalue weighted by atomic mass is 19.4. The van der Waals surface area contributed by atoms with Gasteiger partial charge in [0.05, 0.1) is 25.0 Å². The molecular formula is C19H20F3NO4. The van der Waals surface area contributed by atoms with Crippen molar-refractivity contribution in [1.29, 1.82) is 0 Å². The van der Waals surface area contributed by atoms with Gasteiger partial charge in [-0.1, -0.05) is 19.1 Å². The van der Waals surface area contributed by atoms with Crippen molar-refractivity contribution in [2.75, 3.05) is 25.6 Å². The average Bonchev–Trinajstić information content (AvgIpc) is 2.64. The molecule has 5 nitrogen and oxygen atoms in total. The van der Waals surface area contributed by atoms with Gasteiger partial charge in [-0.2, -0.15) is 13.2 Å². The number of ether oxygens (including phenoxy) is 3. The number of rotatable bonds is 8. The number of carbonyl (C=O) groups is 1. The van der Waals surface area contributed by atoms with Crippen molar-refractivity contribution >= 4 is 11.6 Å². The number of methoxy groups -OCH3 is 1. The van der Waals surface area contributed by atoms with Gasteiger partial charge in [0.1, 0.15) is 5.75 Å². The monoisotopic (exact) mass is 383 g/mol. The molecule has 0 saturated carbocycles. The summed E-state index contributed by atoms with van der Waals surface area (Å²) in [5, 5.41) is 2.41. The molecule has 0 saturated heterocycles. The number of nitrogens with one attached hydrogen (secondary N) is 1. The zero-order chi connectivity index (χ0) is 19.9. The van der Waals surface area contributed by atoms with Crippen LogP contribution in [-0.4, -0.2) is 26.2 Å². The predicted molar refractivity (Wildman–Crippen MR) is 94.3 cm³/mol. The van der Waals surface area contributed by atoms with Gasteiger partial charge >= 0.3 is 6.18 Å². The Balaban J connectivity index is 2.12. The Kier molecular flexibility index (Phi) is 6.92. The summed E-state index contributed by atoms with van der Waals surface area (Å²) in [5.41, 5.74) is -0.945. The van der Waals surface area contributed by atoms with Gasteiger partial charge in [-0.05, 0) is 36.8 Å². The molecule has 1 amide bonds. The van der Waals surface area contributed by atoms with Crippen molar-refractivity contribution in [2.45, 2.75) is 19.5 Å². The van der Waals surface area contributed by atoms with Crippen molar-refractivity contribution in [3.05, 3.63) is 48.0 Å². The van der Waals surface area contributed by atoms with E-state index in [0.717, 1.165) is 12.1 Å². The Morgan fingerprint density at radius 1 is 1.04 bits per heavy atom. The highest BCUT2D eigenvalue weighted by Gasteiger charge is 2.31. The highest BCUT2D eigenvalue weighted by Crippen LogP contribution is 2.35. The van der Waals surface area contributed by atoms with Crippen LogP contribution in [0, 0.1) is 0 Å². The van der Waals surface area contributed by atoms with Crippen molar-refractivity contribution in [1.82, 2.24) is 0 Å². The lowest BCUT2D eigenvalue weighted by Crippen LogP contribution is -2.21. The fourth-order valence-corrected chi connectivity index (χ4v) is 2.21.